The fourth-order valence-corrected chi connectivity index (χ4v) is 1.99. The van der Waals surface area contributed by atoms with Gasteiger partial charge >= 0.3 is 0 Å². The Morgan fingerprint density at radius 1 is 1.06 bits per heavy atom. The Morgan fingerprint density at radius 2 is 1.69 bits per heavy atom. The van der Waals surface area contributed by atoms with Crippen molar-refractivity contribution in [3.8, 4) is 0 Å². The highest BCUT2D eigenvalue weighted by Gasteiger charge is 2.17. The molecule has 0 saturated carbocycles. The van der Waals surface area contributed by atoms with Crippen molar-refractivity contribution in [1.29, 1.82) is 0 Å². The third-order valence-electron chi connectivity index (χ3n) is 3.30. The first-order chi connectivity index (χ1) is 7.65. The van der Waals surface area contributed by atoms with Crippen LogP contribution in [0.2, 0.25) is 0 Å². The number of nitrogens with one attached hydrogen (secondary N) is 1. The fraction of sp³-hybridized carbons (Fsp3) is 0.600. The van der Waals surface area contributed by atoms with Crippen molar-refractivity contribution in [3.63, 3.8) is 0 Å². The molecule has 0 aliphatic carbocycles. The summed E-state index contributed by atoms with van der Waals surface area (Å²) in [5.74, 6) is 1.36. The van der Waals surface area contributed by atoms with Crippen LogP contribution in [0.25, 0.3) is 0 Å². The first-order valence-electron chi connectivity index (χ1n) is 6.43. The molecule has 1 rings (SSSR count). The fourth-order valence-electron chi connectivity index (χ4n) is 1.99. The molecule has 90 valence electrons. The molecule has 1 aromatic rings. The molecule has 1 nitrogen and oxygen atoms in total. The Bertz CT molecular complexity index is 279. The maximum absolute atomic E-state index is 3.56. The SMILES string of the molecule is CCC(C)C(CNC(C)C)c1ccccc1. The van der Waals surface area contributed by atoms with Gasteiger partial charge in [0, 0.05) is 12.6 Å². The van der Waals surface area contributed by atoms with Crippen molar-refractivity contribution in [1.82, 2.24) is 5.32 Å². The van der Waals surface area contributed by atoms with Gasteiger partial charge in [0.2, 0.25) is 0 Å². The van der Waals surface area contributed by atoms with E-state index in [9.17, 15) is 0 Å². The minimum absolute atomic E-state index is 0.565. The highest BCUT2D eigenvalue weighted by molar-refractivity contribution is 5.20. The zero-order valence-electron chi connectivity index (χ0n) is 11.0. The molecule has 0 spiro atoms. The van der Waals surface area contributed by atoms with Gasteiger partial charge < -0.3 is 5.32 Å². The molecule has 1 N–H and O–H groups in total. The lowest BCUT2D eigenvalue weighted by atomic mass is 9.85. The van der Waals surface area contributed by atoms with E-state index in [-0.39, 0.29) is 0 Å². The van der Waals surface area contributed by atoms with Gasteiger partial charge in [0.15, 0.2) is 0 Å². The van der Waals surface area contributed by atoms with E-state index in [0.717, 1.165) is 12.5 Å². The van der Waals surface area contributed by atoms with Gasteiger partial charge in [-0.05, 0) is 17.4 Å². The molecule has 0 bridgehead atoms. The molecule has 0 heterocycles. The number of hydrogen-bond donors (Lipinski definition) is 1. The second-order valence-corrected chi connectivity index (χ2v) is 4.97. The number of benzene rings is 1. The van der Waals surface area contributed by atoms with Crippen LogP contribution >= 0.6 is 0 Å². The van der Waals surface area contributed by atoms with E-state index >= 15 is 0 Å². The van der Waals surface area contributed by atoms with Crippen molar-refractivity contribution in [2.75, 3.05) is 6.54 Å². The van der Waals surface area contributed by atoms with E-state index in [1.54, 1.807) is 0 Å². The summed E-state index contributed by atoms with van der Waals surface area (Å²) < 4.78 is 0. The largest absolute Gasteiger partial charge is 0.314 e. The van der Waals surface area contributed by atoms with Crippen LogP contribution in [-0.2, 0) is 0 Å². The summed E-state index contributed by atoms with van der Waals surface area (Å²) >= 11 is 0. The third-order valence-corrected chi connectivity index (χ3v) is 3.30. The van der Waals surface area contributed by atoms with Crippen LogP contribution in [0.4, 0.5) is 0 Å². The van der Waals surface area contributed by atoms with Gasteiger partial charge in [0.1, 0.15) is 0 Å². The Labute approximate surface area is 100 Å². The van der Waals surface area contributed by atoms with Crippen molar-refractivity contribution in [3.05, 3.63) is 35.9 Å². The molecule has 0 aromatic heterocycles. The minimum atomic E-state index is 0.565. The van der Waals surface area contributed by atoms with Gasteiger partial charge in [-0.3, -0.25) is 0 Å². The Hall–Kier alpha value is -0.820. The van der Waals surface area contributed by atoms with Gasteiger partial charge in [-0.2, -0.15) is 0 Å². The number of hydrogen-bond acceptors (Lipinski definition) is 1. The average Bonchev–Trinajstić information content (AvgIpc) is 2.30. The van der Waals surface area contributed by atoms with Gasteiger partial charge in [0.05, 0.1) is 0 Å². The third kappa shape index (κ3) is 3.97. The van der Waals surface area contributed by atoms with Crippen molar-refractivity contribution >= 4 is 0 Å². The van der Waals surface area contributed by atoms with E-state index in [1.807, 2.05) is 0 Å². The molecule has 0 saturated heterocycles. The molecule has 2 atom stereocenters. The van der Waals surface area contributed by atoms with E-state index in [0.29, 0.717) is 12.0 Å². The standard InChI is InChI=1S/C15H25N/c1-5-13(4)15(11-16-12(2)3)14-9-7-6-8-10-14/h6-10,12-13,15-16H,5,11H2,1-4H3. The van der Waals surface area contributed by atoms with Crippen LogP contribution in [0.1, 0.15) is 45.6 Å². The molecule has 0 amide bonds. The summed E-state index contributed by atoms with van der Waals surface area (Å²) in [6, 6.07) is 11.4. The molecule has 2 unspecified atom stereocenters. The molecular weight excluding hydrogens is 194 g/mol. The minimum Gasteiger partial charge on any atom is -0.314 e. The van der Waals surface area contributed by atoms with Crippen LogP contribution in [0.3, 0.4) is 0 Å². The topological polar surface area (TPSA) is 12.0 Å². The summed E-state index contributed by atoms with van der Waals surface area (Å²) in [7, 11) is 0. The first-order valence-corrected chi connectivity index (χ1v) is 6.43. The van der Waals surface area contributed by atoms with Crippen LogP contribution in [-0.4, -0.2) is 12.6 Å². The second kappa shape index (κ2) is 6.70. The smallest absolute Gasteiger partial charge is 0.00250 e. The van der Waals surface area contributed by atoms with Crippen molar-refractivity contribution in [2.45, 2.75) is 46.1 Å². The van der Waals surface area contributed by atoms with Crippen molar-refractivity contribution in [2.24, 2.45) is 5.92 Å². The Morgan fingerprint density at radius 3 is 2.19 bits per heavy atom. The lowest BCUT2D eigenvalue weighted by Crippen LogP contribution is -2.30. The van der Waals surface area contributed by atoms with Gasteiger partial charge in [-0.25, -0.2) is 0 Å². The molecule has 0 radical (unpaired) electrons. The highest BCUT2D eigenvalue weighted by Crippen LogP contribution is 2.26. The molecule has 0 aliphatic rings. The lowest BCUT2D eigenvalue weighted by Gasteiger charge is -2.25. The highest BCUT2D eigenvalue weighted by atomic mass is 14.9. The summed E-state index contributed by atoms with van der Waals surface area (Å²) in [6.07, 6.45) is 1.24. The first kappa shape index (κ1) is 13.2. The second-order valence-electron chi connectivity index (χ2n) is 4.97. The molecule has 1 aromatic carbocycles. The van der Waals surface area contributed by atoms with Crippen LogP contribution in [0.15, 0.2) is 30.3 Å². The van der Waals surface area contributed by atoms with Gasteiger partial charge in [-0.1, -0.05) is 64.4 Å². The maximum Gasteiger partial charge on any atom is 0.00250 e. The van der Waals surface area contributed by atoms with Gasteiger partial charge in [-0.15, -0.1) is 0 Å². The van der Waals surface area contributed by atoms with E-state index in [1.165, 1.54) is 12.0 Å². The molecule has 0 fully saturated rings. The van der Waals surface area contributed by atoms with E-state index in [2.05, 4.69) is 63.3 Å². The predicted octanol–water partition coefficient (Wildman–Crippen LogP) is 3.81. The maximum atomic E-state index is 3.56. The summed E-state index contributed by atoms with van der Waals surface area (Å²) in [5, 5.41) is 3.56. The van der Waals surface area contributed by atoms with Crippen LogP contribution in [0.5, 0.6) is 0 Å². The molecule has 16 heavy (non-hydrogen) atoms. The van der Waals surface area contributed by atoms with E-state index < -0.39 is 0 Å². The van der Waals surface area contributed by atoms with Crippen LogP contribution in [0, 0.1) is 5.92 Å². The summed E-state index contributed by atoms with van der Waals surface area (Å²) in [5.41, 5.74) is 1.46. The Kier molecular flexibility index (Phi) is 5.54. The summed E-state index contributed by atoms with van der Waals surface area (Å²) in [4.78, 5) is 0. The molecule has 0 aliphatic heterocycles. The lowest BCUT2D eigenvalue weighted by molar-refractivity contribution is 0.407. The van der Waals surface area contributed by atoms with Crippen molar-refractivity contribution < 1.29 is 0 Å². The van der Waals surface area contributed by atoms with Gasteiger partial charge in [0.25, 0.3) is 0 Å². The predicted molar refractivity (Wildman–Crippen MR) is 71.8 cm³/mol. The molecular formula is C15H25N. The Balaban J connectivity index is 2.71. The number of rotatable bonds is 6. The summed E-state index contributed by atoms with van der Waals surface area (Å²) in [6.45, 7) is 10.1. The average molecular weight is 219 g/mol. The normalized spacial score (nSPS) is 15.1. The van der Waals surface area contributed by atoms with E-state index in [4.69, 9.17) is 0 Å². The monoisotopic (exact) mass is 219 g/mol. The zero-order valence-corrected chi connectivity index (χ0v) is 11.0. The zero-order chi connectivity index (χ0) is 12.0. The quantitative estimate of drug-likeness (QED) is 0.767. The van der Waals surface area contributed by atoms with Crippen LogP contribution < -0.4 is 5.32 Å². The molecule has 1 heteroatoms.